The van der Waals surface area contributed by atoms with Crippen LogP contribution in [0.15, 0.2) is 71.7 Å². The van der Waals surface area contributed by atoms with Crippen molar-refractivity contribution < 1.29 is 8.42 Å². The minimum absolute atomic E-state index is 0.227. The zero-order valence-corrected chi connectivity index (χ0v) is 13.7. The van der Waals surface area contributed by atoms with Crippen molar-refractivity contribution in [2.45, 2.75) is 11.8 Å². The normalized spacial score (nSPS) is 13.6. The Kier molecular flexibility index (Phi) is 3.23. The van der Waals surface area contributed by atoms with E-state index in [-0.39, 0.29) is 4.90 Å². The fourth-order valence-corrected chi connectivity index (χ4v) is 3.94. The van der Waals surface area contributed by atoms with E-state index in [1.54, 1.807) is 36.4 Å². The number of rotatable bonds is 3. The molecule has 4 rings (SSSR count). The lowest BCUT2D eigenvalue weighted by Crippen LogP contribution is -2.12. The van der Waals surface area contributed by atoms with Crippen LogP contribution in [0.25, 0.3) is 16.6 Å². The molecule has 3 aromatic rings. The summed E-state index contributed by atoms with van der Waals surface area (Å²) in [5.74, 6) is 0. The van der Waals surface area contributed by atoms with Crippen molar-refractivity contribution in [2.75, 3.05) is 0 Å². The molecule has 0 spiro atoms. The second-order valence-corrected chi connectivity index (χ2v) is 7.29. The van der Waals surface area contributed by atoms with Crippen LogP contribution in [0.3, 0.4) is 0 Å². The molecule has 0 fully saturated rings. The molecule has 0 N–H and O–H groups in total. The van der Waals surface area contributed by atoms with Crippen LogP contribution >= 0.6 is 0 Å². The second kappa shape index (κ2) is 5.30. The molecule has 0 radical (unpaired) electrons. The van der Waals surface area contributed by atoms with Crippen molar-refractivity contribution in [2.24, 2.45) is 0 Å². The van der Waals surface area contributed by atoms with Gasteiger partial charge in [0, 0.05) is 17.2 Å². The van der Waals surface area contributed by atoms with Gasteiger partial charge < -0.3 is 0 Å². The van der Waals surface area contributed by atoms with Crippen LogP contribution in [0, 0.1) is 6.92 Å². The van der Waals surface area contributed by atoms with Gasteiger partial charge in [0.25, 0.3) is 10.0 Å². The van der Waals surface area contributed by atoms with Crippen LogP contribution in [0.2, 0.25) is 0 Å². The average Bonchev–Trinajstić information content (AvgIpc) is 3.25. The number of nitrogens with zero attached hydrogens (tertiary/aromatic N) is 3. The number of hydrogen-bond acceptors (Lipinski definition) is 4. The summed E-state index contributed by atoms with van der Waals surface area (Å²) in [6.45, 7) is 1.91. The van der Waals surface area contributed by atoms with Gasteiger partial charge in [-0.1, -0.05) is 23.8 Å². The zero-order valence-electron chi connectivity index (χ0n) is 12.8. The van der Waals surface area contributed by atoms with Gasteiger partial charge in [-0.05, 0) is 37.3 Å². The Morgan fingerprint density at radius 1 is 1.08 bits per heavy atom. The van der Waals surface area contributed by atoms with Crippen molar-refractivity contribution in [1.29, 1.82) is 0 Å². The number of aromatic nitrogens is 3. The average molecular weight is 335 g/mol. The Hall–Kier alpha value is -2.95. The standard InChI is InChI=1S/C18H13N3O2S/c1-13-6-8-15(9-7-13)24(22,23)21-11-10-16-17(14-4-2-3-5-14)19-12-20-18(16)21/h2-4,6-12H,1H3. The Bertz CT molecular complexity index is 1150. The lowest BCUT2D eigenvalue weighted by Gasteiger charge is -2.08. The summed E-state index contributed by atoms with van der Waals surface area (Å²) < 4.78 is 27.0. The zero-order chi connectivity index (χ0) is 16.7. The Morgan fingerprint density at radius 3 is 2.58 bits per heavy atom. The van der Waals surface area contributed by atoms with E-state index >= 15 is 0 Å². The molecule has 2 aromatic heterocycles. The van der Waals surface area contributed by atoms with Crippen molar-refractivity contribution in [3.8, 4) is 0 Å². The number of allylic oxidation sites excluding steroid dienone is 3. The van der Waals surface area contributed by atoms with Crippen LogP contribution < -0.4 is 0 Å². The summed E-state index contributed by atoms with van der Waals surface area (Å²) >= 11 is 0. The van der Waals surface area contributed by atoms with Gasteiger partial charge in [0.1, 0.15) is 6.33 Å². The fourth-order valence-electron chi connectivity index (χ4n) is 2.64. The van der Waals surface area contributed by atoms with Gasteiger partial charge >= 0.3 is 0 Å². The fraction of sp³-hybridized carbons (Fsp3) is 0.0556. The first-order valence-corrected chi connectivity index (χ1v) is 8.79. The molecule has 24 heavy (non-hydrogen) atoms. The molecule has 118 valence electrons. The van der Waals surface area contributed by atoms with Gasteiger partial charge in [-0.2, -0.15) is 0 Å². The first-order valence-electron chi connectivity index (χ1n) is 7.35. The van der Waals surface area contributed by atoms with Crippen molar-refractivity contribution in [3.63, 3.8) is 0 Å². The van der Waals surface area contributed by atoms with Gasteiger partial charge in [0.05, 0.1) is 10.6 Å². The molecule has 0 saturated carbocycles. The molecule has 5 nitrogen and oxygen atoms in total. The molecule has 0 unspecified atom stereocenters. The highest BCUT2D eigenvalue weighted by Crippen LogP contribution is 2.27. The van der Waals surface area contributed by atoms with E-state index in [0.29, 0.717) is 16.7 Å². The van der Waals surface area contributed by atoms with E-state index in [1.807, 2.05) is 19.1 Å². The van der Waals surface area contributed by atoms with E-state index in [1.165, 1.54) is 16.5 Å². The van der Waals surface area contributed by atoms with E-state index < -0.39 is 10.0 Å². The van der Waals surface area contributed by atoms with Crippen LogP contribution in [-0.4, -0.2) is 22.4 Å². The highest BCUT2D eigenvalue weighted by Gasteiger charge is 2.21. The second-order valence-electron chi connectivity index (χ2n) is 5.47. The molecule has 2 heterocycles. The summed E-state index contributed by atoms with van der Waals surface area (Å²) in [6.07, 6.45) is 8.43. The van der Waals surface area contributed by atoms with Gasteiger partial charge in [-0.3, -0.25) is 0 Å². The molecular formula is C18H13N3O2S. The third kappa shape index (κ3) is 2.21. The predicted molar refractivity (Wildman–Crippen MR) is 91.9 cm³/mol. The number of benzene rings is 1. The molecule has 0 aliphatic heterocycles. The third-order valence-corrected chi connectivity index (χ3v) is 5.56. The Balaban J connectivity index is 1.92. The third-order valence-electron chi connectivity index (χ3n) is 3.88. The maximum atomic E-state index is 12.9. The predicted octanol–water partition coefficient (Wildman–Crippen LogP) is 3.09. The number of fused-ring (bicyclic) bond motifs is 1. The molecule has 1 aliphatic rings. The maximum Gasteiger partial charge on any atom is 0.269 e. The molecule has 1 aliphatic carbocycles. The Morgan fingerprint density at radius 2 is 1.88 bits per heavy atom. The lowest BCUT2D eigenvalue weighted by molar-refractivity contribution is 0.588. The minimum atomic E-state index is -3.71. The molecule has 0 amide bonds. The van der Waals surface area contributed by atoms with Crippen LogP contribution in [0.1, 0.15) is 11.3 Å². The number of aryl methyl sites for hydroxylation is 1. The lowest BCUT2D eigenvalue weighted by atomic mass is 10.1. The monoisotopic (exact) mass is 335 g/mol. The van der Waals surface area contributed by atoms with Gasteiger partial charge in [-0.25, -0.2) is 22.4 Å². The molecular weight excluding hydrogens is 322 g/mol. The smallest absolute Gasteiger partial charge is 0.235 e. The molecule has 1 aromatic carbocycles. The summed E-state index contributed by atoms with van der Waals surface area (Å²) in [6, 6.07) is 8.47. The summed E-state index contributed by atoms with van der Waals surface area (Å²) in [4.78, 5) is 8.69. The van der Waals surface area contributed by atoms with Crippen LogP contribution in [0.5, 0.6) is 0 Å². The molecule has 0 saturated heterocycles. The highest BCUT2D eigenvalue weighted by atomic mass is 32.2. The molecule has 0 bridgehead atoms. The molecule has 0 atom stereocenters. The van der Waals surface area contributed by atoms with Crippen LogP contribution in [0.4, 0.5) is 0 Å². The van der Waals surface area contributed by atoms with Gasteiger partial charge in [0.15, 0.2) is 5.65 Å². The SMILES string of the molecule is Cc1ccc(S(=O)(=O)n2ccc3c(C4=C=CC=C4)ncnc32)cc1. The van der Waals surface area contributed by atoms with Gasteiger partial charge in [-0.15, -0.1) is 5.73 Å². The number of hydrogen-bond donors (Lipinski definition) is 0. The summed E-state index contributed by atoms with van der Waals surface area (Å²) in [5, 5.41) is 0.677. The van der Waals surface area contributed by atoms with E-state index in [4.69, 9.17) is 0 Å². The van der Waals surface area contributed by atoms with Gasteiger partial charge in [0.2, 0.25) is 0 Å². The van der Waals surface area contributed by atoms with Crippen molar-refractivity contribution in [1.82, 2.24) is 13.9 Å². The largest absolute Gasteiger partial charge is 0.269 e. The Labute approximate surface area is 139 Å². The van der Waals surface area contributed by atoms with E-state index in [2.05, 4.69) is 15.7 Å². The minimum Gasteiger partial charge on any atom is -0.235 e. The highest BCUT2D eigenvalue weighted by molar-refractivity contribution is 7.90. The van der Waals surface area contributed by atoms with Crippen LogP contribution in [-0.2, 0) is 10.0 Å². The topological polar surface area (TPSA) is 64.8 Å². The van der Waals surface area contributed by atoms with Crippen molar-refractivity contribution in [3.05, 3.63) is 78.1 Å². The van der Waals surface area contributed by atoms with Crippen molar-refractivity contribution >= 4 is 26.6 Å². The molecule has 6 heteroatoms. The maximum absolute atomic E-state index is 12.9. The summed E-state index contributed by atoms with van der Waals surface area (Å²) in [5.41, 5.74) is 5.92. The first-order chi connectivity index (χ1) is 11.6. The first kappa shape index (κ1) is 14.6. The van der Waals surface area contributed by atoms with E-state index in [0.717, 1.165) is 11.1 Å². The summed E-state index contributed by atoms with van der Waals surface area (Å²) in [7, 11) is -3.71. The quantitative estimate of drug-likeness (QED) is 0.690. The van der Waals surface area contributed by atoms with E-state index in [9.17, 15) is 8.42 Å².